The van der Waals surface area contributed by atoms with Crippen LogP contribution in [-0.2, 0) is 0 Å². The minimum absolute atomic E-state index is 0.0144. The first-order valence-electron chi connectivity index (χ1n) is 6.35. The van der Waals surface area contributed by atoms with Gasteiger partial charge in [0.2, 0.25) is 0 Å². The first kappa shape index (κ1) is 12.7. The average Bonchev–Trinajstić information content (AvgIpc) is 2.76. The number of fused-ring (bicyclic) bond motifs is 1. The largest absolute Gasteiger partial charge is 0.372 e. The van der Waals surface area contributed by atoms with Gasteiger partial charge in [-0.25, -0.2) is 9.97 Å². The van der Waals surface area contributed by atoms with Crippen molar-refractivity contribution in [1.29, 1.82) is 0 Å². The predicted octanol–water partition coefficient (Wildman–Crippen LogP) is 2.76. The smallest absolute Gasteiger partial charge is 0.180 e. The lowest BCUT2D eigenvalue weighted by Gasteiger charge is -2.26. The van der Waals surface area contributed by atoms with Crippen LogP contribution in [0.3, 0.4) is 0 Å². The summed E-state index contributed by atoms with van der Waals surface area (Å²) in [6.45, 7) is 6.55. The number of nitrogens with one attached hydrogen (secondary N) is 2. The number of imidazole rings is 1. The van der Waals surface area contributed by atoms with Crippen molar-refractivity contribution in [3.05, 3.63) is 18.6 Å². The second-order valence-electron chi connectivity index (χ2n) is 5.14. The zero-order valence-electron chi connectivity index (χ0n) is 11.5. The van der Waals surface area contributed by atoms with Gasteiger partial charge >= 0.3 is 0 Å². The van der Waals surface area contributed by atoms with E-state index in [0.29, 0.717) is 0 Å². The number of hydrogen-bond donors (Lipinski definition) is 2. The zero-order chi connectivity index (χ0) is 13.2. The molecule has 2 N–H and O–H groups in total. The summed E-state index contributed by atoms with van der Waals surface area (Å²) in [5, 5.41) is 6.56. The average molecular weight is 247 g/mol. The van der Waals surface area contributed by atoms with Gasteiger partial charge < -0.3 is 15.0 Å². The predicted molar refractivity (Wildman–Crippen MR) is 75.1 cm³/mol. The van der Waals surface area contributed by atoms with Crippen LogP contribution in [0.1, 0.15) is 33.6 Å². The van der Waals surface area contributed by atoms with Gasteiger partial charge in [0.25, 0.3) is 0 Å². The maximum Gasteiger partial charge on any atom is 0.180 e. The van der Waals surface area contributed by atoms with Gasteiger partial charge in [0.15, 0.2) is 11.5 Å². The molecule has 5 nitrogen and oxygen atoms in total. The van der Waals surface area contributed by atoms with Crippen molar-refractivity contribution in [2.75, 3.05) is 17.7 Å². The molecule has 0 atom stereocenters. The summed E-state index contributed by atoms with van der Waals surface area (Å²) in [6.07, 6.45) is 7.87. The zero-order valence-corrected chi connectivity index (χ0v) is 11.5. The second kappa shape index (κ2) is 4.84. The van der Waals surface area contributed by atoms with Crippen LogP contribution in [0.25, 0.3) is 5.65 Å². The molecule has 0 unspecified atom stereocenters. The number of anilines is 2. The third kappa shape index (κ3) is 2.55. The van der Waals surface area contributed by atoms with Gasteiger partial charge in [0.05, 0.1) is 6.20 Å². The molecule has 5 heteroatoms. The molecule has 0 radical (unpaired) electrons. The van der Waals surface area contributed by atoms with Crippen molar-refractivity contribution in [3.63, 3.8) is 0 Å². The van der Waals surface area contributed by atoms with Gasteiger partial charge in [-0.15, -0.1) is 0 Å². The van der Waals surface area contributed by atoms with Crippen molar-refractivity contribution in [2.45, 2.75) is 39.2 Å². The Bertz CT molecular complexity index is 529. The molecule has 0 aliphatic heterocycles. The summed E-state index contributed by atoms with van der Waals surface area (Å²) in [5.74, 6) is 1.65. The van der Waals surface area contributed by atoms with Crippen molar-refractivity contribution >= 4 is 17.3 Å². The molecule has 2 aromatic rings. The highest BCUT2D eigenvalue weighted by Gasteiger charge is 2.19. The quantitative estimate of drug-likeness (QED) is 0.853. The molecule has 2 rings (SSSR count). The summed E-state index contributed by atoms with van der Waals surface area (Å²) in [4.78, 5) is 8.90. The van der Waals surface area contributed by atoms with Crippen molar-refractivity contribution in [3.8, 4) is 0 Å². The molecule has 0 aromatic carbocycles. The van der Waals surface area contributed by atoms with E-state index in [2.05, 4.69) is 41.4 Å². The maximum atomic E-state index is 4.55. The lowest BCUT2D eigenvalue weighted by molar-refractivity contribution is 0.509. The maximum absolute atomic E-state index is 4.55. The third-order valence-electron chi connectivity index (χ3n) is 2.96. The molecule has 0 spiro atoms. The summed E-state index contributed by atoms with van der Waals surface area (Å²) < 4.78 is 1.98. The van der Waals surface area contributed by atoms with Crippen molar-refractivity contribution in [2.24, 2.45) is 0 Å². The van der Waals surface area contributed by atoms with Crippen molar-refractivity contribution < 1.29 is 0 Å². The topological polar surface area (TPSA) is 54.2 Å². The van der Waals surface area contributed by atoms with Gasteiger partial charge in [-0.2, -0.15) is 0 Å². The van der Waals surface area contributed by atoms with Crippen LogP contribution < -0.4 is 10.6 Å². The molecule has 0 aliphatic rings. The van der Waals surface area contributed by atoms with Gasteiger partial charge in [0, 0.05) is 25.0 Å². The number of aromatic nitrogens is 3. The van der Waals surface area contributed by atoms with Crippen LogP contribution in [0.2, 0.25) is 0 Å². The Hall–Kier alpha value is -1.78. The highest BCUT2D eigenvalue weighted by atomic mass is 15.2. The van der Waals surface area contributed by atoms with E-state index in [4.69, 9.17) is 0 Å². The van der Waals surface area contributed by atoms with E-state index in [1.807, 2.05) is 23.8 Å². The van der Waals surface area contributed by atoms with E-state index in [0.717, 1.165) is 30.1 Å². The number of rotatable bonds is 5. The molecule has 98 valence electrons. The molecule has 0 fully saturated rings. The van der Waals surface area contributed by atoms with E-state index in [1.165, 1.54) is 0 Å². The monoisotopic (exact) mass is 247 g/mol. The third-order valence-corrected chi connectivity index (χ3v) is 2.96. The van der Waals surface area contributed by atoms with Crippen LogP contribution in [0, 0.1) is 0 Å². The highest BCUT2D eigenvalue weighted by molar-refractivity contribution is 5.66. The first-order valence-corrected chi connectivity index (χ1v) is 6.35. The summed E-state index contributed by atoms with van der Waals surface area (Å²) >= 11 is 0. The molecule has 2 aromatic heterocycles. The number of hydrogen-bond acceptors (Lipinski definition) is 4. The van der Waals surface area contributed by atoms with E-state index in [-0.39, 0.29) is 5.54 Å². The Balaban J connectivity index is 2.39. The van der Waals surface area contributed by atoms with E-state index in [9.17, 15) is 0 Å². The second-order valence-corrected chi connectivity index (χ2v) is 5.14. The molecule has 0 amide bonds. The molecular weight excluding hydrogens is 226 g/mol. The fraction of sp³-hybridized carbons (Fsp3) is 0.538. The lowest BCUT2D eigenvalue weighted by atomic mass is 9.99. The van der Waals surface area contributed by atoms with Crippen LogP contribution in [0.15, 0.2) is 18.6 Å². The Morgan fingerprint density at radius 2 is 2.17 bits per heavy atom. The van der Waals surface area contributed by atoms with Gasteiger partial charge in [-0.3, -0.25) is 0 Å². The van der Waals surface area contributed by atoms with E-state index in [1.54, 1.807) is 6.20 Å². The Labute approximate surface area is 108 Å². The van der Waals surface area contributed by atoms with Crippen LogP contribution in [0.4, 0.5) is 11.6 Å². The van der Waals surface area contributed by atoms with Gasteiger partial charge in [-0.1, -0.05) is 13.3 Å². The molecule has 2 heterocycles. The molecular formula is C13H21N5. The minimum atomic E-state index is 0.0144. The Morgan fingerprint density at radius 3 is 2.83 bits per heavy atom. The fourth-order valence-corrected chi connectivity index (χ4v) is 2.14. The van der Waals surface area contributed by atoms with E-state index >= 15 is 0 Å². The molecule has 18 heavy (non-hydrogen) atoms. The lowest BCUT2D eigenvalue weighted by Crippen LogP contribution is -2.31. The van der Waals surface area contributed by atoms with Crippen LogP contribution in [0.5, 0.6) is 0 Å². The first-order chi connectivity index (χ1) is 8.55. The van der Waals surface area contributed by atoms with E-state index < -0.39 is 0 Å². The minimum Gasteiger partial charge on any atom is -0.372 e. The van der Waals surface area contributed by atoms with Gasteiger partial charge in [0.1, 0.15) is 5.82 Å². The Morgan fingerprint density at radius 1 is 1.39 bits per heavy atom. The Kier molecular flexibility index (Phi) is 3.41. The molecule has 0 saturated heterocycles. The molecule has 0 bridgehead atoms. The molecule has 0 aliphatic carbocycles. The normalized spacial score (nSPS) is 11.8. The standard InChI is InChI=1S/C13H21N5/c1-5-6-13(2,3)17-11-12-15-7-8-18(12)9-10(14-4)16-11/h7-9,14H,5-6H2,1-4H3,(H,16,17). The van der Waals surface area contributed by atoms with Crippen molar-refractivity contribution in [1.82, 2.24) is 14.4 Å². The summed E-state index contributed by atoms with van der Waals surface area (Å²) in [5.41, 5.74) is 0.874. The SMILES string of the molecule is CCCC(C)(C)Nc1nc(NC)cn2ccnc12. The fourth-order valence-electron chi connectivity index (χ4n) is 2.14. The van der Waals surface area contributed by atoms with Crippen LogP contribution >= 0.6 is 0 Å². The highest BCUT2D eigenvalue weighted by Crippen LogP contribution is 2.22. The summed E-state index contributed by atoms with van der Waals surface area (Å²) in [6, 6.07) is 0. The summed E-state index contributed by atoms with van der Waals surface area (Å²) in [7, 11) is 1.87. The van der Waals surface area contributed by atoms with Crippen LogP contribution in [-0.4, -0.2) is 27.0 Å². The van der Waals surface area contributed by atoms with Gasteiger partial charge in [-0.05, 0) is 20.3 Å². The molecule has 0 saturated carbocycles. The number of nitrogens with zero attached hydrogens (tertiary/aromatic N) is 3.